The minimum atomic E-state index is -0.350. The van der Waals surface area contributed by atoms with Gasteiger partial charge in [-0.3, -0.25) is 19.9 Å². The van der Waals surface area contributed by atoms with Crippen LogP contribution < -0.4 is 16.6 Å². The minimum absolute atomic E-state index is 0.0584. The Kier molecular flexibility index (Phi) is 3.25. The summed E-state index contributed by atoms with van der Waals surface area (Å²) in [5, 5.41) is 2.59. The van der Waals surface area contributed by atoms with E-state index in [2.05, 4.69) is 27.2 Å². The fourth-order valence-corrected chi connectivity index (χ4v) is 1.79. The van der Waals surface area contributed by atoms with Crippen LogP contribution in [0.2, 0.25) is 0 Å². The third kappa shape index (κ3) is 2.28. The van der Waals surface area contributed by atoms with E-state index in [4.69, 9.17) is 5.73 Å². The molecule has 0 saturated heterocycles. The molecule has 0 radical (unpaired) electrons. The number of fused-ring (bicyclic) bond motifs is 1. The molecule has 0 fully saturated rings. The highest BCUT2D eigenvalue weighted by atomic mass is 16.1. The third-order valence-corrected chi connectivity index (χ3v) is 2.59. The molecule has 0 atom stereocenters. The van der Waals surface area contributed by atoms with Gasteiger partial charge in [-0.2, -0.15) is 4.98 Å². The number of carbonyl (C=O) groups is 1. The van der Waals surface area contributed by atoms with Gasteiger partial charge in [0.15, 0.2) is 5.65 Å². The molecule has 19 heavy (non-hydrogen) atoms. The van der Waals surface area contributed by atoms with Crippen LogP contribution in [0.15, 0.2) is 11.0 Å². The first-order valence-corrected chi connectivity index (χ1v) is 5.65. The topological polar surface area (TPSA) is 106 Å². The Morgan fingerprint density at radius 3 is 2.95 bits per heavy atom. The summed E-state index contributed by atoms with van der Waals surface area (Å²) < 4.78 is 1.81. The van der Waals surface area contributed by atoms with Crippen LogP contribution in [0.1, 0.15) is 25.5 Å². The molecule has 0 unspecified atom stereocenters. The zero-order valence-corrected chi connectivity index (χ0v) is 10.5. The molecule has 0 aliphatic heterocycles. The molecule has 2 aromatic rings. The molecule has 0 spiro atoms. The number of anilines is 1. The summed E-state index contributed by atoms with van der Waals surface area (Å²) in [6.45, 7) is 3.92. The first-order chi connectivity index (χ1) is 9.04. The molecular weight excluding hydrogens is 246 g/mol. The van der Waals surface area contributed by atoms with E-state index in [0.29, 0.717) is 23.0 Å². The standard InChI is InChI=1S/C12H13N5O2/c1-7(2)17-5-8(3-4-14-6-18)9-10(17)15-12(13)16-11(9)19/h5-7H,1-2H3,(H,14,18)(H3,13,15,16,19). The summed E-state index contributed by atoms with van der Waals surface area (Å²) in [6.07, 6.45) is 2.19. The van der Waals surface area contributed by atoms with Crippen molar-refractivity contribution in [2.45, 2.75) is 19.9 Å². The van der Waals surface area contributed by atoms with Gasteiger partial charge in [0.1, 0.15) is 0 Å². The maximum Gasteiger partial charge on any atom is 0.263 e. The molecule has 0 bridgehead atoms. The number of carbonyl (C=O) groups excluding carboxylic acids is 1. The van der Waals surface area contributed by atoms with Crippen molar-refractivity contribution in [3.63, 3.8) is 0 Å². The number of aromatic amines is 1. The van der Waals surface area contributed by atoms with Crippen molar-refractivity contribution in [3.05, 3.63) is 22.1 Å². The Morgan fingerprint density at radius 1 is 1.58 bits per heavy atom. The van der Waals surface area contributed by atoms with Crippen LogP contribution in [-0.2, 0) is 4.79 Å². The van der Waals surface area contributed by atoms with Crippen LogP contribution in [0.4, 0.5) is 5.95 Å². The summed E-state index contributed by atoms with van der Waals surface area (Å²) in [6, 6.07) is 2.55. The monoisotopic (exact) mass is 259 g/mol. The Balaban J connectivity index is 2.76. The van der Waals surface area contributed by atoms with Crippen LogP contribution in [0, 0.1) is 12.0 Å². The molecule has 7 heteroatoms. The van der Waals surface area contributed by atoms with Gasteiger partial charge in [-0.15, -0.1) is 0 Å². The molecular formula is C12H13N5O2. The number of amides is 1. The van der Waals surface area contributed by atoms with Gasteiger partial charge in [0.2, 0.25) is 12.4 Å². The number of hydrogen-bond donors (Lipinski definition) is 3. The Labute approximate surface area is 108 Å². The number of nitrogens with zero attached hydrogens (tertiary/aromatic N) is 2. The number of H-pyrrole nitrogens is 1. The molecule has 0 aromatic carbocycles. The number of hydrogen-bond acceptors (Lipinski definition) is 4. The van der Waals surface area contributed by atoms with Gasteiger partial charge in [-0.25, -0.2) is 0 Å². The molecule has 2 heterocycles. The lowest BCUT2D eigenvalue weighted by Gasteiger charge is -2.07. The number of rotatable bonds is 2. The average Bonchev–Trinajstić information content (AvgIpc) is 2.68. The molecule has 0 aliphatic rings. The number of nitrogen functional groups attached to an aromatic ring is 1. The lowest BCUT2D eigenvalue weighted by Crippen LogP contribution is -2.12. The van der Waals surface area contributed by atoms with Crippen molar-refractivity contribution in [2.24, 2.45) is 0 Å². The van der Waals surface area contributed by atoms with Crippen molar-refractivity contribution in [1.82, 2.24) is 19.9 Å². The quantitative estimate of drug-likeness (QED) is 0.399. The van der Waals surface area contributed by atoms with E-state index in [1.807, 2.05) is 18.4 Å². The van der Waals surface area contributed by atoms with Crippen LogP contribution in [-0.4, -0.2) is 20.9 Å². The van der Waals surface area contributed by atoms with Gasteiger partial charge in [0.25, 0.3) is 5.56 Å². The summed E-state index contributed by atoms with van der Waals surface area (Å²) in [7, 11) is 0. The van der Waals surface area contributed by atoms with E-state index in [0.717, 1.165) is 0 Å². The molecule has 1 amide bonds. The lowest BCUT2D eigenvalue weighted by atomic mass is 10.2. The molecule has 2 rings (SSSR count). The fourth-order valence-electron chi connectivity index (χ4n) is 1.79. The first-order valence-electron chi connectivity index (χ1n) is 5.65. The Bertz CT molecular complexity index is 745. The Hall–Kier alpha value is -2.75. The maximum atomic E-state index is 11.9. The number of nitrogens with two attached hydrogens (primary N) is 1. The van der Waals surface area contributed by atoms with E-state index >= 15 is 0 Å². The average molecular weight is 259 g/mol. The van der Waals surface area contributed by atoms with Crippen molar-refractivity contribution < 1.29 is 4.79 Å². The second-order valence-electron chi connectivity index (χ2n) is 4.21. The van der Waals surface area contributed by atoms with Gasteiger partial charge in [-0.05, 0) is 19.8 Å². The van der Waals surface area contributed by atoms with Gasteiger partial charge in [0.05, 0.1) is 10.9 Å². The lowest BCUT2D eigenvalue weighted by molar-refractivity contribution is -0.108. The molecule has 2 aromatic heterocycles. The van der Waals surface area contributed by atoms with Crippen LogP contribution in [0.25, 0.3) is 11.0 Å². The molecule has 98 valence electrons. The normalized spacial score (nSPS) is 10.3. The van der Waals surface area contributed by atoms with E-state index in [-0.39, 0.29) is 17.5 Å². The first kappa shape index (κ1) is 12.7. The molecule has 0 aliphatic carbocycles. The van der Waals surface area contributed by atoms with Crippen molar-refractivity contribution >= 4 is 23.4 Å². The fraction of sp³-hybridized carbons (Fsp3) is 0.250. The van der Waals surface area contributed by atoms with Gasteiger partial charge in [0, 0.05) is 18.3 Å². The van der Waals surface area contributed by atoms with Gasteiger partial charge < -0.3 is 10.3 Å². The van der Waals surface area contributed by atoms with Gasteiger partial charge >= 0.3 is 0 Å². The molecule has 7 nitrogen and oxygen atoms in total. The summed E-state index contributed by atoms with van der Waals surface area (Å²) in [5.41, 5.74) is 6.17. The highest BCUT2D eigenvalue weighted by Gasteiger charge is 2.14. The van der Waals surface area contributed by atoms with E-state index in [9.17, 15) is 9.59 Å². The predicted octanol–water partition coefficient (Wildman–Crippen LogP) is -0.0573. The zero-order chi connectivity index (χ0) is 14.0. The SMILES string of the molecule is CC(C)n1cc(C#CNC=O)c2c(=O)[nH]c(N)nc21. The van der Waals surface area contributed by atoms with E-state index < -0.39 is 0 Å². The smallest absolute Gasteiger partial charge is 0.263 e. The van der Waals surface area contributed by atoms with Crippen LogP contribution in [0.5, 0.6) is 0 Å². The molecule has 4 N–H and O–H groups in total. The third-order valence-electron chi connectivity index (χ3n) is 2.59. The van der Waals surface area contributed by atoms with E-state index in [1.54, 1.807) is 6.20 Å². The maximum absolute atomic E-state index is 11.9. The number of nitrogens with one attached hydrogen (secondary N) is 2. The van der Waals surface area contributed by atoms with Crippen LogP contribution >= 0.6 is 0 Å². The van der Waals surface area contributed by atoms with Crippen molar-refractivity contribution in [2.75, 3.05) is 5.73 Å². The predicted molar refractivity (Wildman–Crippen MR) is 71.2 cm³/mol. The summed E-state index contributed by atoms with van der Waals surface area (Å²) >= 11 is 0. The highest BCUT2D eigenvalue weighted by molar-refractivity contribution is 5.83. The summed E-state index contributed by atoms with van der Waals surface area (Å²) in [5.74, 6) is 2.77. The minimum Gasteiger partial charge on any atom is -0.369 e. The second-order valence-corrected chi connectivity index (χ2v) is 4.21. The Morgan fingerprint density at radius 2 is 2.32 bits per heavy atom. The van der Waals surface area contributed by atoms with Crippen molar-refractivity contribution in [3.8, 4) is 12.0 Å². The second kappa shape index (κ2) is 4.86. The molecule has 0 saturated carbocycles. The summed E-state index contributed by atoms with van der Waals surface area (Å²) in [4.78, 5) is 28.7. The van der Waals surface area contributed by atoms with Gasteiger partial charge in [-0.1, -0.05) is 0 Å². The van der Waals surface area contributed by atoms with Crippen molar-refractivity contribution in [1.29, 1.82) is 0 Å². The largest absolute Gasteiger partial charge is 0.369 e. The van der Waals surface area contributed by atoms with E-state index in [1.165, 1.54) is 0 Å². The van der Waals surface area contributed by atoms with Crippen LogP contribution in [0.3, 0.4) is 0 Å². The zero-order valence-electron chi connectivity index (χ0n) is 10.5. The highest BCUT2D eigenvalue weighted by Crippen LogP contribution is 2.19. The number of aromatic nitrogens is 3.